The maximum absolute atomic E-state index is 8.43. The topological polar surface area (TPSA) is 68.3 Å². The molecule has 0 aliphatic rings. The van der Waals surface area contributed by atoms with Gasteiger partial charge in [0.1, 0.15) is 6.07 Å². The third kappa shape index (κ3) is 3.15. The molecule has 0 atom stereocenters. The van der Waals surface area contributed by atoms with Crippen molar-refractivity contribution >= 4 is 0 Å². The summed E-state index contributed by atoms with van der Waals surface area (Å²) < 4.78 is 10.3. The minimum absolute atomic E-state index is 0.0163. The highest BCUT2D eigenvalue weighted by Gasteiger charge is 2.04. The van der Waals surface area contributed by atoms with Crippen molar-refractivity contribution in [1.29, 1.82) is 5.26 Å². The molecule has 80 valence electrons. The van der Waals surface area contributed by atoms with E-state index in [9.17, 15) is 0 Å². The molecule has 0 spiro atoms. The molecule has 1 aromatic carbocycles. The van der Waals surface area contributed by atoms with E-state index in [4.69, 9.17) is 20.5 Å². The van der Waals surface area contributed by atoms with Crippen LogP contribution in [-0.2, 0) is 6.42 Å². The molecule has 0 aliphatic carbocycles. The molecule has 0 fully saturated rings. The Morgan fingerprint density at radius 2 is 2.20 bits per heavy atom. The van der Waals surface area contributed by atoms with Crippen LogP contribution in [0.3, 0.4) is 0 Å². The molecule has 1 aromatic rings. The summed E-state index contributed by atoms with van der Waals surface area (Å²) >= 11 is 0. The zero-order chi connectivity index (χ0) is 11.1. The number of nitrogens with two attached hydrogens (primary N) is 1. The van der Waals surface area contributed by atoms with E-state index >= 15 is 0 Å². The van der Waals surface area contributed by atoms with Gasteiger partial charge in [-0.05, 0) is 30.7 Å². The van der Waals surface area contributed by atoms with Crippen molar-refractivity contribution in [3.8, 4) is 17.6 Å². The lowest BCUT2D eigenvalue weighted by Crippen LogP contribution is -2.03. The number of benzene rings is 1. The Morgan fingerprint density at radius 3 is 2.80 bits per heavy atom. The third-order valence-electron chi connectivity index (χ3n) is 1.95. The lowest BCUT2D eigenvalue weighted by molar-refractivity contribution is 0.329. The van der Waals surface area contributed by atoms with Crippen LogP contribution in [0.15, 0.2) is 18.2 Å². The van der Waals surface area contributed by atoms with E-state index in [1.807, 2.05) is 24.3 Å². The quantitative estimate of drug-likeness (QED) is 0.783. The molecule has 0 saturated heterocycles. The van der Waals surface area contributed by atoms with Gasteiger partial charge in [0.2, 0.25) is 0 Å². The Hall–Kier alpha value is -1.73. The molecule has 0 aromatic heterocycles. The third-order valence-corrected chi connectivity index (χ3v) is 1.95. The van der Waals surface area contributed by atoms with Gasteiger partial charge in [0.25, 0.3) is 0 Å². The zero-order valence-corrected chi connectivity index (χ0v) is 8.69. The number of hydrogen-bond acceptors (Lipinski definition) is 4. The second-order valence-electron chi connectivity index (χ2n) is 2.97. The standard InChI is InChI=1S/C11H14N2O2/c1-14-10-3-2-9(4-5-12)8-11(10)15-7-6-13/h2-3,8H,4-5,7,12H2,1H3. The predicted molar refractivity (Wildman–Crippen MR) is 56.9 cm³/mol. The van der Waals surface area contributed by atoms with Gasteiger partial charge in [0, 0.05) is 0 Å². The number of nitrogens with zero attached hydrogens (tertiary/aromatic N) is 1. The van der Waals surface area contributed by atoms with Gasteiger partial charge in [-0.3, -0.25) is 0 Å². The van der Waals surface area contributed by atoms with Crippen LogP contribution >= 0.6 is 0 Å². The van der Waals surface area contributed by atoms with Crippen LogP contribution in [0.1, 0.15) is 5.56 Å². The molecular formula is C11H14N2O2. The van der Waals surface area contributed by atoms with Crippen molar-refractivity contribution in [3.05, 3.63) is 23.8 Å². The van der Waals surface area contributed by atoms with Crippen molar-refractivity contribution in [1.82, 2.24) is 0 Å². The van der Waals surface area contributed by atoms with Gasteiger partial charge in [-0.1, -0.05) is 6.07 Å². The monoisotopic (exact) mass is 206 g/mol. The number of hydrogen-bond donors (Lipinski definition) is 1. The molecule has 1 rings (SSSR count). The van der Waals surface area contributed by atoms with Crippen molar-refractivity contribution in [3.63, 3.8) is 0 Å². The van der Waals surface area contributed by atoms with E-state index in [-0.39, 0.29) is 6.61 Å². The first-order chi connectivity index (χ1) is 7.31. The molecule has 4 heteroatoms. The minimum atomic E-state index is 0.0163. The van der Waals surface area contributed by atoms with Crippen molar-refractivity contribution in [2.75, 3.05) is 20.3 Å². The van der Waals surface area contributed by atoms with Gasteiger partial charge in [-0.25, -0.2) is 0 Å². The molecule has 0 unspecified atom stereocenters. The molecule has 2 N–H and O–H groups in total. The molecule has 4 nitrogen and oxygen atoms in total. The van der Waals surface area contributed by atoms with Gasteiger partial charge >= 0.3 is 0 Å². The van der Waals surface area contributed by atoms with Crippen LogP contribution < -0.4 is 15.2 Å². The average Bonchev–Trinajstić information content (AvgIpc) is 2.27. The first-order valence-electron chi connectivity index (χ1n) is 4.68. The highest BCUT2D eigenvalue weighted by atomic mass is 16.5. The molecule has 15 heavy (non-hydrogen) atoms. The number of ether oxygens (including phenoxy) is 2. The van der Waals surface area contributed by atoms with Gasteiger partial charge < -0.3 is 15.2 Å². The highest BCUT2D eigenvalue weighted by Crippen LogP contribution is 2.27. The van der Waals surface area contributed by atoms with Crippen LogP contribution in [0.4, 0.5) is 0 Å². The van der Waals surface area contributed by atoms with Crippen molar-refractivity contribution in [2.24, 2.45) is 5.73 Å². The molecule has 0 saturated carbocycles. The highest BCUT2D eigenvalue weighted by molar-refractivity contribution is 5.43. The van der Waals surface area contributed by atoms with Crippen molar-refractivity contribution < 1.29 is 9.47 Å². The maximum Gasteiger partial charge on any atom is 0.174 e. The summed E-state index contributed by atoms with van der Waals surface area (Å²) in [4.78, 5) is 0. The van der Waals surface area contributed by atoms with Crippen LogP contribution in [0.5, 0.6) is 11.5 Å². The molecule has 0 amide bonds. The zero-order valence-electron chi connectivity index (χ0n) is 8.69. The van der Waals surface area contributed by atoms with Gasteiger partial charge in [0.05, 0.1) is 7.11 Å². The summed E-state index contributed by atoms with van der Waals surface area (Å²) in [7, 11) is 1.57. The predicted octanol–water partition coefficient (Wildman–Crippen LogP) is 1.10. The summed E-state index contributed by atoms with van der Waals surface area (Å²) in [5.74, 6) is 1.22. The van der Waals surface area contributed by atoms with Crippen LogP contribution in [0, 0.1) is 11.3 Å². The Balaban J connectivity index is 2.87. The smallest absolute Gasteiger partial charge is 0.174 e. The lowest BCUT2D eigenvalue weighted by atomic mass is 10.1. The summed E-state index contributed by atoms with van der Waals surface area (Å²) in [6, 6.07) is 7.52. The Labute approximate surface area is 89.2 Å². The van der Waals surface area contributed by atoms with E-state index < -0.39 is 0 Å². The fraction of sp³-hybridized carbons (Fsp3) is 0.364. The molecule has 0 bridgehead atoms. The number of methoxy groups -OCH3 is 1. The minimum Gasteiger partial charge on any atom is -0.493 e. The van der Waals surface area contributed by atoms with Crippen LogP contribution in [0.2, 0.25) is 0 Å². The summed E-state index contributed by atoms with van der Waals surface area (Å²) in [5.41, 5.74) is 6.53. The Kier molecular flexibility index (Phi) is 4.45. The van der Waals surface area contributed by atoms with Crippen LogP contribution in [0.25, 0.3) is 0 Å². The molecule has 0 aliphatic heterocycles. The second kappa shape index (κ2) is 5.89. The fourth-order valence-corrected chi connectivity index (χ4v) is 1.27. The normalized spacial score (nSPS) is 9.40. The first kappa shape index (κ1) is 11.3. The Bertz CT molecular complexity index is 358. The fourth-order valence-electron chi connectivity index (χ4n) is 1.27. The molecule has 0 heterocycles. The SMILES string of the molecule is COc1ccc(CCN)cc1OCC#N. The van der Waals surface area contributed by atoms with E-state index in [1.54, 1.807) is 7.11 Å². The first-order valence-corrected chi connectivity index (χ1v) is 4.68. The van der Waals surface area contributed by atoms with Crippen LogP contribution in [-0.4, -0.2) is 20.3 Å². The van der Waals surface area contributed by atoms with Gasteiger partial charge in [-0.2, -0.15) is 5.26 Å². The molecular weight excluding hydrogens is 192 g/mol. The largest absolute Gasteiger partial charge is 0.493 e. The number of nitriles is 1. The lowest BCUT2D eigenvalue weighted by Gasteiger charge is -2.09. The van der Waals surface area contributed by atoms with E-state index in [2.05, 4.69) is 0 Å². The van der Waals surface area contributed by atoms with E-state index in [0.717, 1.165) is 12.0 Å². The van der Waals surface area contributed by atoms with E-state index in [1.165, 1.54) is 0 Å². The van der Waals surface area contributed by atoms with Gasteiger partial charge in [-0.15, -0.1) is 0 Å². The Morgan fingerprint density at radius 1 is 1.40 bits per heavy atom. The average molecular weight is 206 g/mol. The number of rotatable bonds is 5. The maximum atomic E-state index is 8.43. The summed E-state index contributed by atoms with van der Waals surface area (Å²) in [5, 5.41) is 8.43. The van der Waals surface area contributed by atoms with Crippen molar-refractivity contribution in [2.45, 2.75) is 6.42 Å². The summed E-state index contributed by atoms with van der Waals surface area (Å²) in [6.07, 6.45) is 0.785. The van der Waals surface area contributed by atoms with Gasteiger partial charge in [0.15, 0.2) is 18.1 Å². The molecule has 0 radical (unpaired) electrons. The van der Waals surface area contributed by atoms with E-state index in [0.29, 0.717) is 18.0 Å². The summed E-state index contributed by atoms with van der Waals surface area (Å²) in [6.45, 7) is 0.604. The second-order valence-corrected chi connectivity index (χ2v) is 2.97.